The van der Waals surface area contributed by atoms with Crippen molar-refractivity contribution in [1.82, 2.24) is 0 Å². The molecule has 0 bridgehead atoms. The van der Waals surface area contributed by atoms with Crippen molar-refractivity contribution in [3.05, 3.63) is 42.8 Å². The first kappa shape index (κ1) is 61.0. The number of ether oxygens (including phenoxy) is 2. The van der Waals surface area contributed by atoms with Crippen LogP contribution in [0.5, 0.6) is 0 Å². The lowest BCUT2D eigenvalue weighted by atomic mass is 10.0. The highest BCUT2D eigenvalue weighted by molar-refractivity contribution is 7.14. The molecule has 0 aromatic carbocycles. The third-order valence-corrected chi connectivity index (χ3v) is 16.4. The normalized spacial score (nSPS) is 15.1. The van der Waals surface area contributed by atoms with E-state index in [4.69, 9.17) is 9.47 Å². The molecule has 0 atom stereocenters. The van der Waals surface area contributed by atoms with Crippen molar-refractivity contribution in [2.75, 3.05) is 13.2 Å². The van der Waals surface area contributed by atoms with Crippen LogP contribution >= 0.6 is 22.7 Å². The van der Waals surface area contributed by atoms with Crippen LogP contribution in [0.1, 0.15) is 263 Å². The Hall–Kier alpha value is -2.34. The van der Waals surface area contributed by atoms with Gasteiger partial charge in [0.05, 0.1) is 37.2 Å². The second-order valence-electron chi connectivity index (χ2n) is 20.0. The molecule has 12 heteroatoms. The molecule has 4 nitrogen and oxygen atoms in total. The number of rotatable bonds is 42. The van der Waals surface area contributed by atoms with Gasteiger partial charge in [0.15, 0.2) is 0 Å². The maximum Gasteiger partial charge on any atom is 0.380 e. The van der Waals surface area contributed by atoms with Crippen molar-refractivity contribution in [1.29, 1.82) is 0 Å². The van der Waals surface area contributed by atoms with Gasteiger partial charge in [-0.2, -0.15) is 26.3 Å². The minimum Gasteiger partial charge on any atom is -0.466 e. The van der Waals surface area contributed by atoms with Gasteiger partial charge in [0, 0.05) is 19.5 Å². The zero-order valence-corrected chi connectivity index (χ0v) is 44.9. The highest BCUT2D eigenvalue weighted by Crippen LogP contribution is 2.66. The fourth-order valence-corrected chi connectivity index (χ4v) is 12.0. The molecule has 0 saturated heterocycles. The third-order valence-electron chi connectivity index (χ3n) is 13.7. The molecule has 396 valence electrons. The number of halogens is 6. The van der Waals surface area contributed by atoms with Gasteiger partial charge in [-0.1, -0.05) is 206 Å². The molecule has 0 amide bonds. The minimum atomic E-state index is -5.68. The Morgan fingerprint density at radius 3 is 0.928 bits per heavy atom. The Kier molecular flexibility index (Phi) is 30.2. The molecule has 3 rings (SSSR count). The van der Waals surface area contributed by atoms with E-state index in [1.54, 1.807) is 0 Å². The molecular formula is C57H90F6O4S2. The van der Waals surface area contributed by atoms with E-state index in [9.17, 15) is 9.59 Å². The van der Waals surface area contributed by atoms with Gasteiger partial charge in [-0.15, -0.1) is 22.7 Å². The number of unbranched alkanes of at least 4 members (excludes halogenated alkanes) is 30. The smallest absolute Gasteiger partial charge is 0.380 e. The summed E-state index contributed by atoms with van der Waals surface area (Å²) < 4.78 is 104. The van der Waals surface area contributed by atoms with E-state index in [1.807, 2.05) is 0 Å². The van der Waals surface area contributed by atoms with Gasteiger partial charge >= 0.3 is 29.7 Å². The highest BCUT2D eigenvalue weighted by Gasteiger charge is 2.80. The van der Waals surface area contributed by atoms with Crippen LogP contribution < -0.4 is 0 Å². The standard InChI is InChI=1S/C57H90F6O4S2/c1-5-7-9-11-13-15-17-19-21-23-25-27-29-31-33-35-41-66-49(64)39-37-47-43-45(3)53(68-47)51-52(56(60,61)57(62,63)55(51,58)59)54-46(4)44-48(69-54)38-40-50(65)67-42-36-34-32-30-28-26-24-22-20-18-16-14-12-10-8-6-2/h43-44H,5-42H2,1-4H3. The van der Waals surface area contributed by atoms with Crippen molar-refractivity contribution in [3.63, 3.8) is 0 Å². The summed E-state index contributed by atoms with van der Waals surface area (Å²) >= 11 is 1.46. The van der Waals surface area contributed by atoms with E-state index in [-0.39, 0.29) is 59.8 Å². The van der Waals surface area contributed by atoms with Crippen molar-refractivity contribution in [2.45, 2.75) is 277 Å². The van der Waals surface area contributed by atoms with Gasteiger partial charge < -0.3 is 9.47 Å². The molecule has 69 heavy (non-hydrogen) atoms. The fourth-order valence-electron chi connectivity index (χ4n) is 9.44. The minimum absolute atomic E-state index is 0.0534. The van der Waals surface area contributed by atoms with Crippen molar-refractivity contribution in [3.8, 4) is 0 Å². The number of hydrogen-bond donors (Lipinski definition) is 0. The second kappa shape index (κ2) is 34.1. The van der Waals surface area contributed by atoms with Crippen LogP contribution in [0.25, 0.3) is 11.1 Å². The first-order valence-electron chi connectivity index (χ1n) is 27.6. The number of esters is 2. The predicted molar refractivity (Wildman–Crippen MR) is 277 cm³/mol. The number of carbonyl (C=O) groups excluding carboxylic acids is 2. The first-order chi connectivity index (χ1) is 33.2. The molecule has 1 aliphatic carbocycles. The topological polar surface area (TPSA) is 52.6 Å². The SMILES string of the molecule is CCCCCCCCCCCCCCCCCCOC(=O)CCc1cc(C)c(C2=C(c3sc(CCC(=O)OCCCCCCCCCCCCCCCCCC)cc3C)C(F)(F)C(F)(F)C2(F)F)s1. The van der Waals surface area contributed by atoms with Crippen LogP contribution in [0, 0.1) is 13.8 Å². The van der Waals surface area contributed by atoms with Crippen LogP contribution in [0.15, 0.2) is 12.1 Å². The average molecular weight is 1020 g/mol. The van der Waals surface area contributed by atoms with Crippen molar-refractivity contribution in [2.24, 2.45) is 0 Å². The number of aryl methyl sites for hydroxylation is 4. The van der Waals surface area contributed by atoms with Gasteiger partial charge in [0.2, 0.25) is 0 Å². The van der Waals surface area contributed by atoms with Gasteiger partial charge in [-0.05, 0) is 62.8 Å². The molecule has 1 aliphatic rings. The molecule has 0 aliphatic heterocycles. The first-order valence-corrected chi connectivity index (χ1v) is 29.2. The van der Waals surface area contributed by atoms with Gasteiger partial charge in [0.25, 0.3) is 0 Å². The number of hydrogen-bond acceptors (Lipinski definition) is 6. The Morgan fingerprint density at radius 2 is 0.667 bits per heavy atom. The molecule has 0 N–H and O–H groups in total. The summed E-state index contributed by atoms with van der Waals surface area (Å²) in [5.74, 6) is -16.9. The van der Waals surface area contributed by atoms with E-state index in [0.29, 0.717) is 9.75 Å². The third kappa shape index (κ3) is 21.3. The lowest BCUT2D eigenvalue weighted by Gasteiger charge is -2.25. The quantitative estimate of drug-likeness (QED) is 0.0378. The van der Waals surface area contributed by atoms with Crippen molar-refractivity contribution >= 4 is 45.8 Å². The maximum atomic E-state index is 15.7. The van der Waals surface area contributed by atoms with Gasteiger partial charge in [-0.3, -0.25) is 9.59 Å². The summed E-state index contributed by atoms with van der Waals surface area (Å²) in [5, 5.41) is 0. The second-order valence-corrected chi connectivity index (χ2v) is 22.2. The van der Waals surface area contributed by atoms with E-state index in [2.05, 4.69) is 13.8 Å². The Morgan fingerprint density at radius 1 is 0.420 bits per heavy atom. The zero-order chi connectivity index (χ0) is 50.4. The Bertz CT molecular complexity index is 1630. The highest BCUT2D eigenvalue weighted by atomic mass is 32.1. The molecular weight excluding hydrogens is 927 g/mol. The van der Waals surface area contributed by atoms with E-state index >= 15 is 26.3 Å². The molecule has 2 heterocycles. The van der Waals surface area contributed by atoms with E-state index in [1.165, 1.54) is 180 Å². The summed E-state index contributed by atoms with van der Waals surface area (Å²) in [6.07, 6.45) is 39.7. The monoisotopic (exact) mass is 1020 g/mol. The largest absolute Gasteiger partial charge is 0.466 e. The van der Waals surface area contributed by atoms with Crippen LogP contribution in [0.3, 0.4) is 0 Å². The molecule has 0 unspecified atom stereocenters. The average Bonchev–Trinajstić information content (AvgIpc) is 3.90. The lowest BCUT2D eigenvalue weighted by Crippen LogP contribution is -2.48. The molecule has 0 saturated carbocycles. The fraction of sp³-hybridized carbons (Fsp3) is 0.789. The van der Waals surface area contributed by atoms with Crippen molar-refractivity contribution < 1.29 is 45.4 Å². The molecule has 2 aromatic heterocycles. The van der Waals surface area contributed by atoms with Crippen LogP contribution in [-0.2, 0) is 31.9 Å². The van der Waals surface area contributed by atoms with E-state index < -0.39 is 40.9 Å². The Balaban J connectivity index is 1.39. The summed E-state index contributed by atoms with van der Waals surface area (Å²) in [6.45, 7) is 7.91. The summed E-state index contributed by atoms with van der Waals surface area (Å²) in [5.41, 5.74) is -2.46. The molecule has 0 radical (unpaired) electrons. The Labute approximate surface area is 421 Å². The number of alkyl halides is 6. The van der Waals surface area contributed by atoms with Crippen LogP contribution in [0.4, 0.5) is 26.3 Å². The maximum absolute atomic E-state index is 15.7. The summed E-state index contributed by atoms with van der Waals surface area (Å²) in [6, 6.07) is 2.99. The van der Waals surface area contributed by atoms with Gasteiger partial charge in [0.1, 0.15) is 0 Å². The number of allylic oxidation sites excluding steroid dienone is 2. The summed E-state index contributed by atoms with van der Waals surface area (Å²) in [7, 11) is 0. The van der Waals surface area contributed by atoms with Crippen LogP contribution in [-0.4, -0.2) is 42.9 Å². The predicted octanol–water partition coefficient (Wildman–Crippen LogP) is 19.7. The number of thiophene rings is 2. The number of carbonyl (C=O) groups is 2. The van der Waals surface area contributed by atoms with E-state index in [0.717, 1.165) is 74.0 Å². The lowest BCUT2D eigenvalue weighted by molar-refractivity contribution is -0.254. The van der Waals surface area contributed by atoms with Crippen LogP contribution in [0.2, 0.25) is 0 Å². The zero-order valence-electron chi connectivity index (χ0n) is 43.2. The molecule has 2 aromatic rings. The summed E-state index contributed by atoms with van der Waals surface area (Å²) in [4.78, 5) is 25.3. The molecule has 0 fully saturated rings. The molecule has 0 spiro atoms. The van der Waals surface area contributed by atoms with Gasteiger partial charge in [-0.25, -0.2) is 0 Å².